The average molecular weight is 504 g/mol. The standard InChI is InChI=1S/C29H29NO5S/c1-3-13-30(18-23-7-5-14-36-23)21-9-11-25-20(16-21)6-4-8-26(25)35-29(32)33-22-10-12-24-19(2)15-28(31)34-27(24)17-22/h4-8,10,12,14-15,17,21H,3,9,11,13,16,18H2,1-2H3/t21-/m0/s1. The molecule has 0 saturated heterocycles. The summed E-state index contributed by atoms with van der Waals surface area (Å²) in [5.74, 6) is 0.800. The molecule has 0 amide bonds. The van der Waals surface area contributed by atoms with Gasteiger partial charge in [-0.1, -0.05) is 25.1 Å². The lowest BCUT2D eigenvalue weighted by Crippen LogP contribution is -2.39. The molecule has 2 aromatic carbocycles. The highest BCUT2D eigenvalue weighted by atomic mass is 32.1. The number of carbonyl (C=O) groups is 1. The Morgan fingerprint density at radius 1 is 1.14 bits per heavy atom. The van der Waals surface area contributed by atoms with Crippen LogP contribution in [0.15, 0.2) is 69.2 Å². The maximum atomic E-state index is 12.6. The van der Waals surface area contributed by atoms with Crippen LogP contribution >= 0.6 is 11.3 Å². The van der Waals surface area contributed by atoms with E-state index in [0.29, 0.717) is 17.4 Å². The van der Waals surface area contributed by atoms with Crippen LogP contribution in [0.2, 0.25) is 0 Å². The number of thiophene rings is 1. The highest BCUT2D eigenvalue weighted by Crippen LogP contribution is 2.33. The fourth-order valence-electron chi connectivity index (χ4n) is 5.02. The van der Waals surface area contributed by atoms with Crippen LogP contribution in [0.1, 0.15) is 41.3 Å². The third-order valence-corrected chi connectivity index (χ3v) is 7.56. The molecule has 1 aliphatic carbocycles. The molecule has 1 aliphatic rings. The molecular weight excluding hydrogens is 474 g/mol. The summed E-state index contributed by atoms with van der Waals surface area (Å²) in [6, 6.07) is 17.0. The quantitative estimate of drug-likeness (QED) is 0.163. The van der Waals surface area contributed by atoms with Gasteiger partial charge >= 0.3 is 11.8 Å². The predicted molar refractivity (Wildman–Crippen MR) is 141 cm³/mol. The molecule has 36 heavy (non-hydrogen) atoms. The summed E-state index contributed by atoms with van der Waals surface area (Å²) in [5.41, 5.74) is 3.01. The molecule has 0 saturated carbocycles. The van der Waals surface area contributed by atoms with Crippen molar-refractivity contribution in [2.24, 2.45) is 0 Å². The summed E-state index contributed by atoms with van der Waals surface area (Å²) in [5, 5.41) is 2.92. The van der Waals surface area contributed by atoms with Gasteiger partial charge in [-0.05, 0) is 85.5 Å². The predicted octanol–water partition coefficient (Wildman–Crippen LogP) is 6.51. The number of aryl methyl sites for hydroxylation is 1. The molecule has 0 spiro atoms. The van der Waals surface area contributed by atoms with E-state index in [1.54, 1.807) is 23.5 Å². The van der Waals surface area contributed by atoms with Gasteiger partial charge in [-0.3, -0.25) is 4.90 Å². The van der Waals surface area contributed by atoms with Gasteiger partial charge in [0.1, 0.15) is 17.1 Å². The number of hydrogen-bond donors (Lipinski definition) is 0. The van der Waals surface area contributed by atoms with Gasteiger partial charge in [0.15, 0.2) is 0 Å². The number of nitrogens with zero attached hydrogens (tertiary/aromatic N) is 1. The van der Waals surface area contributed by atoms with Crippen LogP contribution < -0.4 is 15.1 Å². The SMILES string of the molecule is CCCN(Cc1cccs1)[C@H]1CCc2c(cccc2OC(=O)Oc2ccc3c(C)cc(=O)oc3c2)C1. The largest absolute Gasteiger partial charge is 0.519 e. The van der Waals surface area contributed by atoms with Crippen LogP contribution in [0.5, 0.6) is 11.5 Å². The highest BCUT2D eigenvalue weighted by Gasteiger charge is 2.27. The monoisotopic (exact) mass is 503 g/mol. The van der Waals surface area contributed by atoms with Gasteiger partial charge in [-0.15, -0.1) is 11.3 Å². The van der Waals surface area contributed by atoms with Crippen LogP contribution in [-0.4, -0.2) is 23.6 Å². The van der Waals surface area contributed by atoms with Crippen LogP contribution in [0.3, 0.4) is 0 Å². The Morgan fingerprint density at radius 2 is 2.03 bits per heavy atom. The Bertz CT molecular complexity index is 1430. The normalized spacial score (nSPS) is 15.1. The van der Waals surface area contributed by atoms with Crippen LogP contribution in [-0.2, 0) is 19.4 Å². The van der Waals surface area contributed by atoms with E-state index in [0.717, 1.165) is 55.3 Å². The van der Waals surface area contributed by atoms with Crippen molar-refractivity contribution >= 4 is 28.5 Å². The fraction of sp³-hybridized carbons (Fsp3) is 0.310. The number of rotatable bonds is 7. The van der Waals surface area contributed by atoms with Gasteiger partial charge in [0.25, 0.3) is 0 Å². The van der Waals surface area contributed by atoms with E-state index in [2.05, 4.69) is 35.4 Å². The molecule has 0 unspecified atom stereocenters. The Morgan fingerprint density at radius 3 is 2.83 bits per heavy atom. The minimum absolute atomic E-state index is 0.259. The van der Waals surface area contributed by atoms with E-state index in [1.165, 1.54) is 22.6 Å². The van der Waals surface area contributed by atoms with Crippen molar-refractivity contribution in [2.75, 3.05) is 6.54 Å². The summed E-state index contributed by atoms with van der Waals surface area (Å²) in [6.07, 6.45) is 3.08. The summed E-state index contributed by atoms with van der Waals surface area (Å²) >= 11 is 1.80. The smallest absolute Gasteiger partial charge is 0.423 e. The van der Waals surface area contributed by atoms with Crippen molar-refractivity contribution < 1.29 is 18.7 Å². The number of ether oxygens (including phenoxy) is 2. The molecule has 2 aromatic heterocycles. The Hall–Kier alpha value is -3.42. The zero-order chi connectivity index (χ0) is 25.1. The van der Waals surface area contributed by atoms with Gasteiger partial charge in [0, 0.05) is 35.0 Å². The first kappa shape index (κ1) is 24.3. The minimum Gasteiger partial charge on any atom is -0.423 e. The molecule has 5 rings (SSSR count). The van der Waals surface area contributed by atoms with E-state index in [4.69, 9.17) is 13.9 Å². The second-order valence-corrected chi connectivity index (χ2v) is 10.2. The fourth-order valence-corrected chi connectivity index (χ4v) is 5.75. The molecule has 4 aromatic rings. The van der Waals surface area contributed by atoms with Crippen molar-refractivity contribution in [3.63, 3.8) is 0 Å². The van der Waals surface area contributed by atoms with E-state index in [-0.39, 0.29) is 5.75 Å². The second-order valence-electron chi connectivity index (χ2n) is 9.20. The molecule has 0 aliphatic heterocycles. The Kier molecular flexibility index (Phi) is 7.20. The summed E-state index contributed by atoms with van der Waals surface area (Å²) in [7, 11) is 0. The van der Waals surface area contributed by atoms with Crippen molar-refractivity contribution in [3.8, 4) is 11.5 Å². The Labute approximate surface area is 214 Å². The second kappa shape index (κ2) is 10.7. The molecule has 0 bridgehead atoms. The first-order chi connectivity index (χ1) is 17.5. The molecular formula is C29H29NO5S. The van der Waals surface area contributed by atoms with Gasteiger partial charge in [-0.25, -0.2) is 9.59 Å². The van der Waals surface area contributed by atoms with Crippen LogP contribution in [0, 0.1) is 6.92 Å². The lowest BCUT2D eigenvalue weighted by Gasteiger charge is -2.35. The lowest BCUT2D eigenvalue weighted by atomic mass is 9.86. The molecule has 2 heterocycles. The highest BCUT2D eigenvalue weighted by molar-refractivity contribution is 7.09. The molecule has 1 atom stereocenters. The van der Waals surface area contributed by atoms with Crippen molar-refractivity contribution in [3.05, 3.63) is 92.0 Å². The summed E-state index contributed by atoms with van der Waals surface area (Å²) in [6.45, 7) is 6.09. The van der Waals surface area contributed by atoms with Gasteiger partial charge in [0.05, 0.1) is 0 Å². The first-order valence-corrected chi connectivity index (χ1v) is 13.2. The van der Waals surface area contributed by atoms with E-state index >= 15 is 0 Å². The van der Waals surface area contributed by atoms with Gasteiger partial charge in [-0.2, -0.15) is 0 Å². The molecule has 186 valence electrons. The maximum Gasteiger partial charge on any atom is 0.519 e. The van der Waals surface area contributed by atoms with Crippen molar-refractivity contribution in [2.45, 2.75) is 52.1 Å². The number of benzene rings is 2. The number of fused-ring (bicyclic) bond motifs is 2. The van der Waals surface area contributed by atoms with Gasteiger partial charge in [0.2, 0.25) is 0 Å². The maximum absolute atomic E-state index is 12.6. The van der Waals surface area contributed by atoms with E-state index < -0.39 is 11.8 Å². The third-order valence-electron chi connectivity index (χ3n) is 6.70. The zero-order valence-corrected chi connectivity index (χ0v) is 21.3. The lowest BCUT2D eigenvalue weighted by molar-refractivity contribution is 0.150. The molecule has 0 N–H and O–H groups in total. The molecule has 6 nitrogen and oxygen atoms in total. The van der Waals surface area contributed by atoms with Crippen molar-refractivity contribution in [1.29, 1.82) is 0 Å². The van der Waals surface area contributed by atoms with Gasteiger partial charge < -0.3 is 13.9 Å². The summed E-state index contributed by atoms with van der Waals surface area (Å²) < 4.78 is 16.3. The first-order valence-electron chi connectivity index (χ1n) is 12.3. The number of hydrogen-bond acceptors (Lipinski definition) is 7. The molecule has 0 radical (unpaired) electrons. The van der Waals surface area contributed by atoms with Crippen molar-refractivity contribution in [1.82, 2.24) is 4.90 Å². The van der Waals surface area contributed by atoms with Crippen LogP contribution in [0.25, 0.3) is 11.0 Å². The average Bonchev–Trinajstić information content (AvgIpc) is 3.36. The van der Waals surface area contributed by atoms with Crippen LogP contribution in [0.4, 0.5) is 4.79 Å². The van der Waals surface area contributed by atoms with E-state index in [1.807, 2.05) is 19.1 Å². The zero-order valence-electron chi connectivity index (χ0n) is 20.5. The molecule has 0 fully saturated rings. The number of carbonyl (C=O) groups excluding carboxylic acids is 1. The summed E-state index contributed by atoms with van der Waals surface area (Å²) in [4.78, 5) is 28.3. The Balaban J connectivity index is 1.28. The molecule has 7 heteroatoms. The van der Waals surface area contributed by atoms with E-state index in [9.17, 15) is 9.59 Å². The topological polar surface area (TPSA) is 69.0 Å². The third kappa shape index (κ3) is 5.37. The minimum atomic E-state index is -0.815.